The summed E-state index contributed by atoms with van der Waals surface area (Å²) >= 11 is 1.94. The molecule has 0 radical (unpaired) electrons. The number of para-hydroxylation sites is 2. The zero-order valence-electron chi connectivity index (χ0n) is 13.7. The summed E-state index contributed by atoms with van der Waals surface area (Å²) in [5.74, 6) is 3.45. The number of rotatable bonds is 2. The molecule has 0 N–H and O–H groups in total. The number of nitrogens with zero attached hydrogens (tertiary/aromatic N) is 4. The van der Waals surface area contributed by atoms with E-state index in [2.05, 4.69) is 14.8 Å². The van der Waals surface area contributed by atoms with E-state index in [4.69, 9.17) is 4.98 Å². The SMILES string of the molecule is O=C(C1CCCN(c2cnc3ccccc3n2)C1)N1CCSCC1. The molecule has 0 bridgehead atoms. The van der Waals surface area contributed by atoms with Gasteiger partial charge in [-0.3, -0.25) is 9.78 Å². The molecule has 4 rings (SSSR count). The molecular weight excluding hydrogens is 320 g/mol. The van der Waals surface area contributed by atoms with Crippen molar-refractivity contribution in [2.45, 2.75) is 12.8 Å². The highest BCUT2D eigenvalue weighted by Gasteiger charge is 2.30. The second kappa shape index (κ2) is 6.97. The van der Waals surface area contributed by atoms with Gasteiger partial charge in [0.2, 0.25) is 5.91 Å². The van der Waals surface area contributed by atoms with Crippen molar-refractivity contribution >= 4 is 34.5 Å². The molecule has 0 spiro atoms. The Labute approximate surface area is 146 Å². The molecular formula is C18H22N4OS. The van der Waals surface area contributed by atoms with Gasteiger partial charge in [0, 0.05) is 37.7 Å². The first kappa shape index (κ1) is 15.7. The van der Waals surface area contributed by atoms with Gasteiger partial charge in [-0.05, 0) is 25.0 Å². The lowest BCUT2D eigenvalue weighted by Crippen LogP contribution is -2.47. The predicted molar refractivity (Wildman–Crippen MR) is 98.4 cm³/mol. The zero-order valence-corrected chi connectivity index (χ0v) is 14.5. The minimum atomic E-state index is 0.0927. The highest BCUT2D eigenvalue weighted by Crippen LogP contribution is 2.25. The van der Waals surface area contributed by atoms with Crippen molar-refractivity contribution in [1.29, 1.82) is 0 Å². The summed E-state index contributed by atoms with van der Waals surface area (Å²) in [5.41, 5.74) is 1.83. The monoisotopic (exact) mass is 342 g/mol. The van der Waals surface area contributed by atoms with Crippen molar-refractivity contribution in [2.75, 3.05) is 42.6 Å². The molecule has 1 aromatic carbocycles. The van der Waals surface area contributed by atoms with Crippen LogP contribution in [0.1, 0.15) is 12.8 Å². The maximum absolute atomic E-state index is 12.8. The van der Waals surface area contributed by atoms with Gasteiger partial charge in [0.05, 0.1) is 23.1 Å². The van der Waals surface area contributed by atoms with Crippen LogP contribution in [0.2, 0.25) is 0 Å². The summed E-state index contributed by atoms with van der Waals surface area (Å²) in [6.07, 6.45) is 3.86. The number of hydrogen-bond acceptors (Lipinski definition) is 5. The molecule has 1 unspecified atom stereocenters. The number of piperidine rings is 1. The normalized spacial score (nSPS) is 21.9. The van der Waals surface area contributed by atoms with Crippen molar-refractivity contribution in [1.82, 2.24) is 14.9 Å². The van der Waals surface area contributed by atoms with E-state index < -0.39 is 0 Å². The molecule has 1 atom stereocenters. The Hall–Kier alpha value is -1.82. The van der Waals surface area contributed by atoms with Gasteiger partial charge in [0.1, 0.15) is 5.82 Å². The molecule has 1 aromatic heterocycles. The predicted octanol–water partition coefficient (Wildman–Crippen LogP) is 2.42. The third kappa shape index (κ3) is 3.20. The number of fused-ring (bicyclic) bond motifs is 1. The summed E-state index contributed by atoms with van der Waals surface area (Å²) < 4.78 is 0. The first-order valence-corrected chi connectivity index (χ1v) is 9.80. The number of carbonyl (C=O) groups is 1. The molecule has 0 saturated carbocycles. The van der Waals surface area contributed by atoms with E-state index in [1.807, 2.05) is 42.2 Å². The van der Waals surface area contributed by atoms with Crippen LogP contribution in [0, 0.1) is 5.92 Å². The van der Waals surface area contributed by atoms with Crippen molar-refractivity contribution in [3.63, 3.8) is 0 Å². The van der Waals surface area contributed by atoms with E-state index >= 15 is 0 Å². The average molecular weight is 342 g/mol. The Morgan fingerprint density at radius 3 is 2.75 bits per heavy atom. The van der Waals surface area contributed by atoms with Gasteiger partial charge in [0.15, 0.2) is 0 Å². The maximum Gasteiger partial charge on any atom is 0.227 e. The van der Waals surface area contributed by atoms with Gasteiger partial charge >= 0.3 is 0 Å². The highest BCUT2D eigenvalue weighted by atomic mass is 32.2. The Balaban J connectivity index is 1.50. The minimum Gasteiger partial charge on any atom is -0.355 e. The van der Waals surface area contributed by atoms with Gasteiger partial charge in [-0.1, -0.05) is 12.1 Å². The molecule has 2 aliphatic rings. The molecule has 24 heavy (non-hydrogen) atoms. The fraction of sp³-hybridized carbons (Fsp3) is 0.500. The maximum atomic E-state index is 12.8. The molecule has 2 aliphatic heterocycles. The number of aromatic nitrogens is 2. The van der Waals surface area contributed by atoms with Crippen molar-refractivity contribution in [2.24, 2.45) is 5.92 Å². The summed E-state index contributed by atoms with van der Waals surface area (Å²) in [6, 6.07) is 7.92. The third-order valence-electron chi connectivity index (χ3n) is 4.85. The molecule has 3 heterocycles. The summed E-state index contributed by atoms with van der Waals surface area (Å²) in [4.78, 5) is 26.3. The Morgan fingerprint density at radius 2 is 1.92 bits per heavy atom. The Bertz CT molecular complexity index is 732. The van der Waals surface area contributed by atoms with Gasteiger partial charge in [-0.2, -0.15) is 11.8 Å². The number of benzene rings is 1. The lowest BCUT2D eigenvalue weighted by atomic mass is 9.96. The van der Waals surface area contributed by atoms with Gasteiger partial charge < -0.3 is 9.80 Å². The topological polar surface area (TPSA) is 49.3 Å². The molecule has 6 heteroatoms. The lowest BCUT2D eigenvalue weighted by molar-refractivity contribution is -0.135. The van der Waals surface area contributed by atoms with Crippen LogP contribution in [-0.2, 0) is 4.79 Å². The van der Waals surface area contributed by atoms with Gasteiger partial charge in [-0.15, -0.1) is 0 Å². The largest absolute Gasteiger partial charge is 0.355 e. The summed E-state index contributed by atoms with van der Waals surface area (Å²) in [5, 5.41) is 0. The smallest absolute Gasteiger partial charge is 0.227 e. The summed E-state index contributed by atoms with van der Waals surface area (Å²) in [7, 11) is 0. The van der Waals surface area contributed by atoms with E-state index in [1.165, 1.54) is 0 Å². The van der Waals surface area contributed by atoms with Crippen LogP contribution in [0.4, 0.5) is 5.82 Å². The van der Waals surface area contributed by atoms with Crippen LogP contribution in [0.25, 0.3) is 11.0 Å². The molecule has 2 saturated heterocycles. The number of hydrogen-bond donors (Lipinski definition) is 0. The standard InChI is InChI=1S/C18H22N4OS/c23-18(21-8-10-24-11-9-21)14-4-3-7-22(13-14)17-12-19-15-5-1-2-6-16(15)20-17/h1-2,5-6,12,14H,3-4,7-11,13H2. The molecule has 2 fully saturated rings. The Morgan fingerprint density at radius 1 is 1.12 bits per heavy atom. The van der Waals surface area contributed by atoms with Gasteiger partial charge in [-0.25, -0.2) is 4.98 Å². The van der Waals surface area contributed by atoms with Crippen LogP contribution in [-0.4, -0.2) is 58.5 Å². The first-order valence-electron chi connectivity index (χ1n) is 8.64. The highest BCUT2D eigenvalue weighted by molar-refractivity contribution is 7.99. The molecule has 126 valence electrons. The first-order chi connectivity index (χ1) is 11.8. The lowest BCUT2D eigenvalue weighted by Gasteiger charge is -2.36. The van der Waals surface area contributed by atoms with Crippen molar-refractivity contribution < 1.29 is 4.79 Å². The molecule has 0 aliphatic carbocycles. The van der Waals surface area contributed by atoms with E-state index in [1.54, 1.807) is 0 Å². The molecule has 2 aromatic rings. The van der Waals surface area contributed by atoms with E-state index in [0.29, 0.717) is 5.91 Å². The number of anilines is 1. The van der Waals surface area contributed by atoms with Gasteiger partial charge in [0.25, 0.3) is 0 Å². The van der Waals surface area contributed by atoms with Crippen molar-refractivity contribution in [3.8, 4) is 0 Å². The molecule has 5 nitrogen and oxygen atoms in total. The van der Waals surface area contributed by atoms with Crippen molar-refractivity contribution in [3.05, 3.63) is 30.5 Å². The van der Waals surface area contributed by atoms with Crippen LogP contribution < -0.4 is 4.90 Å². The van der Waals surface area contributed by atoms with E-state index in [-0.39, 0.29) is 5.92 Å². The number of carbonyl (C=O) groups excluding carboxylic acids is 1. The number of thioether (sulfide) groups is 1. The van der Waals surface area contributed by atoms with Crippen LogP contribution in [0.5, 0.6) is 0 Å². The summed E-state index contributed by atoms with van der Waals surface area (Å²) in [6.45, 7) is 3.51. The van der Waals surface area contributed by atoms with Crippen LogP contribution >= 0.6 is 11.8 Å². The fourth-order valence-electron chi connectivity index (χ4n) is 3.53. The zero-order chi connectivity index (χ0) is 16.4. The molecule has 1 amide bonds. The second-order valence-corrected chi connectivity index (χ2v) is 7.66. The fourth-order valence-corrected chi connectivity index (χ4v) is 4.43. The Kier molecular flexibility index (Phi) is 4.56. The second-order valence-electron chi connectivity index (χ2n) is 6.44. The van der Waals surface area contributed by atoms with Crippen LogP contribution in [0.15, 0.2) is 30.5 Å². The van der Waals surface area contributed by atoms with E-state index in [0.717, 1.165) is 67.4 Å². The average Bonchev–Trinajstić information content (AvgIpc) is 2.68. The minimum absolute atomic E-state index is 0.0927. The quantitative estimate of drug-likeness (QED) is 0.839. The third-order valence-corrected chi connectivity index (χ3v) is 5.80. The van der Waals surface area contributed by atoms with E-state index in [9.17, 15) is 4.79 Å². The number of amides is 1. The van der Waals surface area contributed by atoms with Crippen LogP contribution in [0.3, 0.4) is 0 Å².